The third-order valence-electron chi connectivity index (χ3n) is 2.88. The van der Waals surface area contributed by atoms with Crippen molar-refractivity contribution >= 4 is 27.6 Å². The van der Waals surface area contributed by atoms with E-state index in [-0.39, 0.29) is 0 Å². The Balaban J connectivity index is 3.00. The number of rotatable bonds is 5. The molecule has 1 unspecified atom stereocenters. The minimum atomic E-state index is -0.891. The summed E-state index contributed by atoms with van der Waals surface area (Å²) in [6.07, 6.45) is 1.09. The summed E-state index contributed by atoms with van der Waals surface area (Å²) in [5, 5.41) is 9.18. The molecule has 0 aliphatic rings. The van der Waals surface area contributed by atoms with Crippen molar-refractivity contribution in [1.29, 1.82) is 0 Å². The number of hydrogen-bond donors (Lipinski definition) is 1. The van der Waals surface area contributed by atoms with Gasteiger partial charge < -0.3 is 10.0 Å². The third-order valence-corrected chi connectivity index (χ3v) is 3.38. The maximum absolute atomic E-state index is 11.2. The van der Waals surface area contributed by atoms with Crippen LogP contribution in [0.1, 0.15) is 30.6 Å². The molecule has 1 N–H and O–H groups in total. The second-order valence-corrected chi connectivity index (χ2v) is 5.28. The van der Waals surface area contributed by atoms with E-state index in [1.807, 2.05) is 24.1 Å². The Morgan fingerprint density at radius 1 is 1.53 bits per heavy atom. The van der Waals surface area contributed by atoms with E-state index < -0.39 is 5.97 Å². The van der Waals surface area contributed by atoms with E-state index in [1.54, 1.807) is 6.07 Å². The summed E-state index contributed by atoms with van der Waals surface area (Å²) in [6, 6.07) is 5.36. The number of hydrogen-bond acceptors (Lipinski definition) is 2. The van der Waals surface area contributed by atoms with E-state index in [2.05, 4.69) is 29.8 Å². The lowest BCUT2D eigenvalue weighted by molar-refractivity contribution is 0.0697. The molecule has 1 aromatic rings. The summed E-state index contributed by atoms with van der Waals surface area (Å²) in [5.74, 6) is -0.345. The van der Waals surface area contributed by atoms with E-state index in [0.717, 1.165) is 23.1 Å². The minimum absolute atomic E-state index is 0.338. The zero-order valence-corrected chi connectivity index (χ0v) is 12.0. The first-order chi connectivity index (χ1) is 7.95. The molecule has 17 heavy (non-hydrogen) atoms. The molecule has 0 saturated heterocycles. The molecular formula is C13H18BrNO2. The van der Waals surface area contributed by atoms with Gasteiger partial charge in [0.1, 0.15) is 0 Å². The van der Waals surface area contributed by atoms with Crippen LogP contribution in [0, 0.1) is 5.92 Å². The van der Waals surface area contributed by atoms with Gasteiger partial charge in [-0.3, -0.25) is 0 Å². The summed E-state index contributed by atoms with van der Waals surface area (Å²) >= 11 is 3.30. The van der Waals surface area contributed by atoms with E-state index in [1.165, 1.54) is 0 Å². The SMILES string of the molecule is CCC(C)CN(C)c1ccc(Br)cc1C(=O)O. The first-order valence-corrected chi connectivity index (χ1v) is 6.49. The fourth-order valence-electron chi connectivity index (χ4n) is 1.71. The van der Waals surface area contributed by atoms with E-state index in [0.29, 0.717) is 11.5 Å². The molecule has 4 heteroatoms. The molecule has 0 fully saturated rings. The lowest BCUT2D eigenvalue weighted by Gasteiger charge is -2.24. The number of carbonyl (C=O) groups is 1. The highest BCUT2D eigenvalue weighted by atomic mass is 79.9. The molecule has 0 bridgehead atoms. The highest BCUT2D eigenvalue weighted by Crippen LogP contribution is 2.24. The number of halogens is 1. The molecule has 1 aromatic carbocycles. The smallest absolute Gasteiger partial charge is 0.337 e. The molecule has 0 saturated carbocycles. The van der Waals surface area contributed by atoms with Crippen LogP contribution in [0.25, 0.3) is 0 Å². The number of benzene rings is 1. The van der Waals surface area contributed by atoms with Crippen LogP contribution in [0.2, 0.25) is 0 Å². The van der Waals surface area contributed by atoms with Gasteiger partial charge in [-0.2, -0.15) is 0 Å². The van der Waals surface area contributed by atoms with Gasteiger partial charge in [-0.1, -0.05) is 36.2 Å². The zero-order chi connectivity index (χ0) is 13.0. The summed E-state index contributed by atoms with van der Waals surface area (Å²) in [6.45, 7) is 5.16. The monoisotopic (exact) mass is 299 g/mol. The number of anilines is 1. The summed E-state index contributed by atoms with van der Waals surface area (Å²) in [7, 11) is 1.93. The van der Waals surface area contributed by atoms with Crippen molar-refractivity contribution in [3.63, 3.8) is 0 Å². The van der Waals surface area contributed by atoms with Crippen LogP contribution in [0.5, 0.6) is 0 Å². The highest BCUT2D eigenvalue weighted by molar-refractivity contribution is 9.10. The Labute approximate surface area is 111 Å². The Bertz CT molecular complexity index is 406. The van der Waals surface area contributed by atoms with Gasteiger partial charge in [0.2, 0.25) is 0 Å². The Morgan fingerprint density at radius 3 is 2.71 bits per heavy atom. The molecular weight excluding hydrogens is 282 g/mol. The summed E-state index contributed by atoms with van der Waals surface area (Å²) < 4.78 is 0.788. The van der Waals surface area contributed by atoms with Gasteiger partial charge in [0.25, 0.3) is 0 Å². The fourth-order valence-corrected chi connectivity index (χ4v) is 2.07. The average Bonchev–Trinajstić information content (AvgIpc) is 2.28. The second-order valence-electron chi connectivity index (χ2n) is 4.36. The highest BCUT2D eigenvalue weighted by Gasteiger charge is 2.15. The number of carboxylic acids is 1. The Morgan fingerprint density at radius 2 is 2.18 bits per heavy atom. The van der Waals surface area contributed by atoms with Gasteiger partial charge in [-0.25, -0.2) is 4.79 Å². The molecule has 0 aliphatic carbocycles. The van der Waals surface area contributed by atoms with Crippen molar-refractivity contribution in [2.45, 2.75) is 20.3 Å². The van der Waals surface area contributed by atoms with Gasteiger partial charge in [-0.15, -0.1) is 0 Å². The van der Waals surface area contributed by atoms with Crippen LogP contribution in [0.15, 0.2) is 22.7 Å². The maximum atomic E-state index is 11.2. The molecule has 0 amide bonds. The van der Waals surface area contributed by atoms with Crippen molar-refractivity contribution < 1.29 is 9.90 Å². The molecule has 1 atom stereocenters. The lowest BCUT2D eigenvalue weighted by atomic mass is 10.1. The second kappa shape index (κ2) is 6.05. The summed E-state index contributed by atoms with van der Waals surface area (Å²) in [4.78, 5) is 13.2. The third kappa shape index (κ3) is 3.73. The normalized spacial score (nSPS) is 12.2. The quantitative estimate of drug-likeness (QED) is 0.902. The van der Waals surface area contributed by atoms with Gasteiger partial charge in [0, 0.05) is 18.1 Å². The zero-order valence-electron chi connectivity index (χ0n) is 10.4. The van der Waals surface area contributed by atoms with Crippen molar-refractivity contribution in [3.8, 4) is 0 Å². The summed E-state index contributed by atoms with van der Waals surface area (Å²) in [5.41, 5.74) is 1.10. The molecule has 3 nitrogen and oxygen atoms in total. The molecule has 94 valence electrons. The first-order valence-electron chi connectivity index (χ1n) is 5.69. The Kier molecular flexibility index (Phi) is 5.00. The van der Waals surface area contributed by atoms with Crippen LogP contribution >= 0.6 is 15.9 Å². The van der Waals surface area contributed by atoms with E-state index >= 15 is 0 Å². The van der Waals surface area contributed by atoms with Gasteiger partial charge in [-0.05, 0) is 24.1 Å². The molecule has 0 aliphatic heterocycles. The van der Waals surface area contributed by atoms with Crippen molar-refractivity contribution in [2.75, 3.05) is 18.5 Å². The molecule has 0 radical (unpaired) electrons. The van der Waals surface area contributed by atoms with Gasteiger partial charge in [0.05, 0.1) is 11.3 Å². The Hall–Kier alpha value is -1.03. The van der Waals surface area contributed by atoms with Crippen molar-refractivity contribution in [2.24, 2.45) is 5.92 Å². The fraction of sp³-hybridized carbons (Fsp3) is 0.462. The molecule has 0 spiro atoms. The van der Waals surface area contributed by atoms with Gasteiger partial charge in [0.15, 0.2) is 0 Å². The maximum Gasteiger partial charge on any atom is 0.337 e. The van der Waals surface area contributed by atoms with Crippen molar-refractivity contribution in [1.82, 2.24) is 0 Å². The lowest BCUT2D eigenvalue weighted by Crippen LogP contribution is -2.25. The number of aromatic carboxylic acids is 1. The molecule has 0 heterocycles. The van der Waals surface area contributed by atoms with Crippen LogP contribution in [-0.4, -0.2) is 24.7 Å². The number of nitrogens with zero attached hydrogens (tertiary/aromatic N) is 1. The van der Waals surface area contributed by atoms with Crippen LogP contribution < -0.4 is 4.90 Å². The van der Waals surface area contributed by atoms with Crippen LogP contribution in [0.3, 0.4) is 0 Å². The van der Waals surface area contributed by atoms with Crippen LogP contribution in [0.4, 0.5) is 5.69 Å². The van der Waals surface area contributed by atoms with E-state index in [4.69, 9.17) is 0 Å². The van der Waals surface area contributed by atoms with Gasteiger partial charge >= 0.3 is 5.97 Å². The molecule has 0 aromatic heterocycles. The van der Waals surface area contributed by atoms with E-state index in [9.17, 15) is 9.90 Å². The predicted molar refractivity (Wildman–Crippen MR) is 73.8 cm³/mol. The topological polar surface area (TPSA) is 40.5 Å². The average molecular weight is 300 g/mol. The molecule has 1 rings (SSSR count). The minimum Gasteiger partial charge on any atom is -0.478 e. The number of carboxylic acid groups (broad SMARTS) is 1. The standard InChI is InChI=1S/C13H18BrNO2/c1-4-9(2)8-15(3)12-6-5-10(14)7-11(12)13(16)17/h5-7,9H,4,8H2,1-3H3,(H,16,17). The predicted octanol–water partition coefficient (Wildman–Crippen LogP) is 3.63. The largest absolute Gasteiger partial charge is 0.478 e. The van der Waals surface area contributed by atoms with Crippen LogP contribution in [-0.2, 0) is 0 Å². The van der Waals surface area contributed by atoms with Crippen molar-refractivity contribution in [3.05, 3.63) is 28.2 Å². The first kappa shape index (κ1) is 14.0.